The van der Waals surface area contributed by atoms with E-state index in [9.17, 15) is 9.90 Å². The third kappa shape index (κ3) is 5.93. The predicted molar refractivity (Wildman–Crippen MR) is 123 cm³/mol. The number of ether oxygens (including phenoxy) is 3. The van der Waals surface area contributed by atoms with Crippen molar-refractivity contribution in [3.8, 4) is 17.4 Å². The van der Waals surface area contributed by atoms with E-state index in [1.165, 1.54) is 18.9 Å². The van der Waals surface area contributed by atoms with Gasteiger partial charge < -0.3 is 19.3 Å². The van der Waals surface area contributed by atoms with E-state index in [-0.39, 0.29) is 17.0 Å². The van der Waals surface area contributed by atoms with Crippen molar-refractivity contribution in [3.05, 3.63) is 76.8 Å². The number of carbonyl (C=O) groups is 1. The molecule has 0 fully saturated rings. The summed E-state index contributed by atoms with van der Waals surface area (Å²) in [6.07, 6.45) is 2.93. The Morgan fingerprint density at radius 1 is 1.16 bits per heavy atom. The molecule has 0 aliphatic carbocycles. The molecule has 0 bridgehead atoms. The van der Waals surface area contributed by atoms with Crippen molar-refractivity contribution in [3.63, 3.8) is 0 Å². The van der Waals surface area contributed by atoms with Crippen LogP contribution in [0.4, 0.5) is 0 Å². The van der Waals surface area contributed by atoms with E-state index in [4.69, 9.17) is 25.8 Å². The Morgan fingerprint density at radius 2 is 1.91 bits per heavy atom. The highest BCUT2D eigenvalue weighted by atomic mass is 35.5. The van der Waals surface area contributed by atoms with Gasteiger partial charge in [-0.1, -0.05) is 29.8 Å². The van der Waals surface area contributed by atoms with Crippen LogP contribution >= 0.6 is 23.4 Å². The maximum atomic E-state index is 11.8. The summed E-state index contributed by atoms with van der Waals surface area (Å²) in [6.45, 7) is 2.04. The SMILES string of the molecule is CO/C=C(/C(=O)O)c1c(Oc2cccc(OCc3cccc(Cl)c3)c2)nc(C)nc1SC. The second kappa shape index (κ2) is 10.9. The summed E-state index contributed by atoms with van der Waals surface area (Å²) in [5.74, 6) is 0.383. The van der Waals surface area contributed by atoms with Gasteiger partial charge in [0.25, 0.3) is 0 Å². The number of nitrogens with zero attached hydrogens (tertiary/aromatic N) is 2. The van der Waals surface area contributed by atoms with Crippen LogP contribution in [0.1, 0.15) is 17.0 Å². The molecule has 0 amide bonds. The summed E-state index contributed by atoms with van der Waals surface area (Å²) in [7, 11) is 1.37. The quantitative estimate of drug-likeness (QED) is 0.186. The molecule has 7 nitrogen and oxygen atoms in total. The molecule has 2 aromatic carbocycles. The van der Waals surface area contributed by atoms with E-state index in [1.54, 1.807) is 43.5 Å². The maximum Gasteiger partial charge on any atom is 0.339 e. The first-order valence-corrected chi connectivity index (χ1v) is 11.1. The molecule has 1 N–H and O–H groups in total. The largest absolute Gasteiger partial charge is 0.503 e. The Kier molecular flexibility index (Phi) is 7.97. The monoisotopic (exact) mass is 472 g/mol. The minimum atomic E-state index is -1.18. The second-order valence-corrected chi connectivity index (χ2v) is 7.76. The Hall–Kier alpha value is -3.23. The number of methoxy groups -OCH3 is 1. The standard InChI is InChI=1S/C23H21ClN2O5S/c1-14-25-21(20(22(26-14)32-3)19(13-29-2)23(27)28)31-18-9-5-8-17(11-18)30-12-15-6-4-7-16(24)10-15/h4-11,13H,12H2,1-3H3,(H,27,28)/b19-13+. The van der Waals surface area contributed by atoms with Crippen molar-refractivity contribution in [2.24, 2.45) is 0 Å². The van der Waals surface area contributed by atoms with Crippen LogP contribution in [0.15, 0.2) is 59.8 Å². The molecule has 3 aromatic rings. The second-order valence-electron chi connectivity index (χ2n) is 6.53. The van der Waals surface area contributed by atoms with Crippen molar-refractivity contribution in [1.82, 2.24) is 9.97 Å². The molecule has 3 rings (SSSR count). The first-order chi connectivity index (χ1) is 15.4. The third-order valence-electron chi connectivity index (χ3n) is 4.20. The summed E-state index contributed by atoms with van der Waals surface area (Å²) in [5, 5.41) is 10.8. The maximum absolute atomic E-state index is 11.8. The Bertz CT molecular complexity index is 1150. The van der Waals surface area contributed by atoms with Crippen molar-refractivity contribution < 1.29 is 24.1 Å². The van der Waals surface area contributed by atoms with Gasteiger partial charge in [0.2, 0.25) is 5.88 Å². The predicted octanol–water partition coefficient (Wildman–Crippen LogP) is 5.60. The molecule has 0 atom stereocenters. The van der Waals surface area contributed by atoms with E-state index in [1.807, 2.05) is 18.2 Å². The molecule has 0 spiro atoms. The highest BCUT2D eigenvalue weighted by molar-refractivity contribution is 7.98. The number of aryl methyl sites for hydroxylation is 1. The van der Waals surface area contributed by atoms with Crippen LogP contribution in [0.25, 0.3) is 5.57 Å². The average Bonchev–Trinajstić information content (AvgIpc) is 2.76. The lowest BCUT2D eigenvalue weighted by molar-refractivity contribution is -0.130. The number of hydrogen-bond acceptors (Lipinski definition) is 7. The van der Waals surface area contributed by atoms with Gasteiger partial charge in [-0.25, -0.2) is 9.78 Å². The van der Waals surface area contributed by atoms with Gasteiger partial charge in [0.1, 0.15) is 34.5 Å². The molecule has 0 saturated carbocycles. The normalized spacial score (nSPS) is 11.2. The Balaban J connectivity index is 1.91. The van der Waals surface area contributed by atoms with E-state index in [0.717, 1.165) is 11.8 Å². The molecular weight excluding hydrogens is 452 g/mol. The Labute approximate surface area is 195 Å². The first-order valence-electron chi connectivity index (χ1n) is 9.45. The van der Waals surface area contributed by atoms with Crippen LogP contribution < -0.4 is 9.47 Å². The zero-order valence-electron chi connectivity index (χ0n) is 17.7. The van der Waals surface area contributed by atoms with E-state index < -0.39 is 5.97 Å². The molecule has 0 aliphatic rings. The molecule has 1 heterocycles. The zero-order chi connectivity index (χ0) is 23.1. The number of benzene rings is 2. The summed E-state index contributed by atoms with van der Waals surface area (Å²) >= 11 is 7.31. The lowest BCUT2D eigenvalue weighted by Crippen LogP contribution is -2.08. The van der Waals surface area contributed by atoms with Crippen LogP contribution in [0.2, 0.25) is 5.02 Å². The minimum absolute atomic E-state index is 0.111. The molecule has 166 valence electrons. The van der Waals surface area contributed by atoms with E-state index in [0.29, 0.717) is 34.0 Å². The fraction of sp³-hybridized carbons (Fsp3) is 0.174. The van der Waals surface area contributed by atoms with Crippen molar-refractivity contribution in [2.45, 2.75) is 18.6 Å². The van der Waals surface area contributed by atoms with Crippen LogP contribution in [0, 0.1) is 6.92 Å². The minimum Gasteiger partial charge on any atom is -0.503 e. The fourth-order valence-electron chi connectivity index (χ4n) is 2.84. The molecule has 32 heavy (non-hydrogen) atoms. The zero-order valence-corrected chi connectivity index (χ0v) is 19.2. The lowest BCUT2D eigenvalue weighted by Gasteiger charge is -2.15. The first kappa shape index (κ1) is 23.4. The molecule has 0 saturated heterocycles. The van der Waals surface area contributed by atoms with Crippen LogP contribution in [0.5, 0.6) is 17.4 Å². The van der Waals surface area contributed by atoms with Gasteiger partial charge >= 0.3 is 5.97 Å². The smallest absolute Gasteiger partial charge is 0.339 e. The topological polar surface area (TPSA) is 90.8 Å². The summed E-state index contributed by atoms with van der Waals surface area (Å²) in [6, 6.07) is 14.4. The molecule has 9 heteroatoms. The van der Waals surface area contributed by atoms with Gasteiger partial charge in [-0.2, -0.15) is 4.98 Å². The lowest BCUT2D eigenvalue weighted by atomic mass is 10.1. The number of rotatable bonds is 9. The number of hydrogen-bond donors (Lipinski definition) is 1. The van der Waals surface area contributed by atoms with Crippen LogP contribution in [0.3, 0.4) is 0 Å². The molecule has 0 aliphatic heterocycles. The summed E-state index contributed by atoms with van der Waals surface area (Å²) in [5.41, 5.74) is 1.06. The molecular formula is C23H21ClN2O5S. The van der Waals surface area contributed by atoms with Crippen molar-refractivity contribution >= 4 is 34.9 Å². The van der Waals surface area contributed by atoms with E-state index in [2.05, 4.69) is 9.97 Å². The Morgan fingerprint density at radius 3 is 2.59 bits per heavy atom. The number of aromatic nitrogens is 2. The number of carboxylic acids is 1. The van der Waals surface area contributed by atoms with Gasteiger partial charge in [0, 0.05) is 11.1 Å². The third-order valence-corrected chi connectivity index (χ3v) is 5.11. The fourth-order valence-corrected chi connectivity index (χ4v) is 3.68. The highest BCUT2D eigenvalue weighted by Gasteiger charge is 2.24. The number of halogens is 1. The average molecular weight is 473 g/mol. The van der Waals surface area contributed by atoms with Crippen molar-refractivity contribution in [1.29, 1.82) is 0 Å². The number of aliphatic carboxylic acids is 1. The van der Waals surface area contributed by atoms with Crippen molar-refractivity contribution in [2.75, 3.05) is 13.4 Å². The van der Waals surface area contributed by atoms with Crippen LogP contribution in [-0.4, -0.2) is 34.4 Å². The number of thioether (sulfide) groups is 1. The van der Waals surface area contributed by atoms with Gasteiger partial charge in [0.15, 0.2) is 0 Å². The van der Waals surface area contributed by atoms with E-state index >= 15 is 0 Å². The molecule has 1 aromatic heterocycles. The highest BCUT2D eigenvalue weighted by Crippen LogP contribution is 2.36. The number of carboxylic acid groups (broad SMARTS) is 1. The van der Waals surface area contributed by atoms with Crippen LogP contribution in [-0.2, 0) is 16.1 Å². The van der Waals surface area contributed by atoms with Gasteiger partial charge in [0.05, 0.1) is 18.9 Å². The van der Waals surface area contributed by atoms with Gasteiger partial charge in [-0.05, 0) is 43.0 Å². The van der Waals surface area contributed by atoms with Gasteiger partial charge in [-0.3, -0.25) is 0 Å². The molecule has 0 unspecified atom stereocenters. The molecule has 0 radical (unpaired) electrons. The van der Waals surface area contributed by atoms with Gasteiger partial charge in [-0.15, -0.1) is 11.8 Å². The summed E-state index contributed by atoms with van der Waals surface area (Å²) in [4.78, 5) is 20.5. The summed E-state index contributed by atoms with van der Waals surface area (Å²) < 4.78 is 16.8.